The second kappa shape index (κ2) is 7.66. The Morgan fingerprint density at radius 3 is 2.06 bits per heavy atom. The van der Waals surface area contributed by atoms with Gasteiger partial charge in [0, 0.05) is 12.6 Å². The summed E-state index contributed by atoms with van der Waals surface area (Å²) in [5.74, 6) is 0.146. The summed E-state index contributed by atoms with van der Waals surface area (Å²) in [6, 6.07) is 0.243. The fourth-order valence-electron chi connectivity index (χ4n) is 2.08. The average Bonchev–Trinajstić information content (AvgIpc) is 2.28. The van der Waals surface area contributed by atoms with Gasteiger partial charge in [-0.3, -0.25) is 4.79 Å². The van der Waals surface area contributed by atoms with E-state index in [1.165, 1.54) is 0 Å². The highest BCUT2D eigenvalue weighted by atomic mass is 16.2. The van der Waals surface area contributed by atoms with Crippen LogP contribution in [-0.4, -0.2) is 18.5 Å². The van der Waals surface area contributed by atoms with E-state index in [9.17, 15) is 4.79 Å². The monoisotopic (exact) mass is 228 g/mol. The second-order valence-electron chi connectivity index (χ2n) is 4.77. The van der Waals surface area contributed by atoms with E-state index >= 15 is 0 Å². The second-order valence-corrected chi connectivity index (χ2v) is 4.77. The van der Waals surface area contributed by atoms with Gasteiger partial charge in [0.2, 0.25) is 5.91 Å². The number of nitrogens with two attached hydrogens (primary N) is 1. The summed E-state index contributed by atoms with van der Waals surface area (Å²) in [5, 5.41) is 3.07. The Balaban J connectivity index is 4.64. The normalized spacial score (nSPS) is 13.6. The molecule has 1 atom stereocenters. The van der Waals surface area contributed by atoms with E-state index in [1.807, 2.05) is 6.92 Å². The Bertz CT molecular complexity index is 198. The van der Waals surface area contributed by atoms with Gasteiger partial charge < -0.3 is 11.1 Å². The van der Waals surface area contributed by atoms with Gasteiger partial charge >= 0.3 is 0 Å². The van der Waals surface area contributed by atoms with Crippen LogP contribution >= 0.6 is 0 Å². The van der Waals surface area contributed by atoms with Crippen LogP contribution in [0.1, 0.15) is 59.8 Å². The van der Waals surface area contributed by atoms with Crippen molar-refractivity contribution in [1.82, 2.24) is 5.32 Å². The van der Waals surface area contributed by atoms with Crippen LogP contribution in [0.4, 0.5) is 0 Å². The van der Waals surface area contributed by atoms with Crippen LogP contribution < -0.4 is 11.1 Å². The summed E-state index contributed by atoms with van der Waals surface area (Å²) in [7, 11) is 0. The Morgan fingerprint density at radius 1 is 1.25 bits per heavy atom. The van der Waals surface area contributed by atoms with Gasteiger partial charge in [-0.1, -0.05) is 33.6 Å². The van der Waals surface area contributed by atoms with Crippen LogP contribution in [0.5, 0.6) is 0 Å². The minimum atomic E-state index is -0.340. The lowest BCUT2D eigenvalue weighted by molar-refractivity contribution is -0.132. The quantitative estimate of drug-likeness (QED) is 0.670. The molecule has 0 fully saturated rings. The van der Waals surface area contributed by atoms with Crippen molar-refractivity contribution in [1.29, 1.82) is 0 Å². The van der Waals surface area contributed by atoms with Crippen molar-refractivity contribution >= 4 is 5.91 Å². The van der Waals surface area contributed by atoms with Gasteiger partial charge in [0.15, 0.2) is 0 Å². The first-order chi connectivity index (χ1) is 7.56. The van der Waals surface area contributed by atoms with Crippen LogP contribution in [0, 0.1) is 5.41 Å². The van der Waals surface area contributed by atoms with Gasteiger partial charge in [0.25, 0.3) is 0 Å². The summed E-state index contributed by atoms with van der Waals surface area (Å²) in [6.07, 6.45) is 4.75. The zero-order chi connectivity index (χ0) is 12.6. The smallest absolute Gasteiger partial charge is 0.227 e. The molecule has 0 bridgehead atoms. The molecule has 0 aromatic carbocycles. The molecule has 0 aliphatic rings. The molecule has 0 radical (unpaired) electrons. The van der Waals surface area contributed by atoms with E-state index in [2.05, 4.69) is 26.1 Å². The third-order valence-electron chi connectivity index (χ3n) is 3.32. The maximum absolute atomic E-state index is 12.3. The number of carbonyl (C=O) groups is 1. The van der Waals surface area contributed by atoms with Gasteiger partial charge in [-0.05, 0) is 26.2 Å². The largest absolute Gasteiger partial charge is 0.353 e. The van der Waals surface area contributed by atoms with E-state index in [4.69, 9.17) is 5.73 Å². The van der Waals surface area contributed by atoms with Crippen LogP contribution in [-0.2, 0) is 4.79 Å². The average molecular weight is 228 g/mol. The topological polar surface area (TPSA) is 55.1 Å². The highest BCUT2D eigenvalue weighted by Gasteiger charge is 2.35. The zero-order valence-corrected chi connectivity index (χ0v) is 11.3. The molecule has 3 N–H and O–H groups in total. The Morgan fingerprint density at radius 2 is 1.75 bits per heavy atom. The maximum atomic E-state index is 12.3. The molecule has 0 aliphatic heterocycles. The van der Waals surface area contributed by atoms with E-state index in [-0.39, 0.29) is 17.4 Å². The molecule has 0 aromatic rings. The van der Waals surface area contributed by atoms with Gasteiger partial charge in [0.1, 0.15) is 0 Å². The van der Waals surface area contributed by atoms with Crippen LogP contribution in [0.15, 0.2) is 0 Å². The van der Waals surface area contributed by atoms with Crippen LogP contribution in [0.3, 0.4) is 0 Å². The first-order valence-corrected chi connectivity index (χ1v) is 6.57. The molecule has 0 aliphatic carbocycles. The molecule has 96 valence electrons. The number of amides is 1. The summed E-state index contributed by atoms with van der Waals surface area (Å²) in [4.78, 5) is 12.3. The van der Waals surface area contributed by atoms with Gasteiger partial charge in [0.05, 0.1) is 5.41 Å². The number of hydrogen-bond donors (Lipinski definition) is 2. The van der Waals surface area contributed by atoms with Gasteiger partial charge in [-0.25, -0.2) is 0 Å². The molecular weight excluding hydrogens is 200 g/mol. The molecule has 1 unspecified atom stereocenters. The fourth-order valence-corrected chi connectivity index (χ4v) is 2.08. The van der Waals surface area contributed by atoms with Crippen LogP contribution in [0.2, 0.25) is 0 Å². The van der Waals surface area contributed by atoms with E-state index in [0.29, 0.717) is 6.54 Å². The van der Waals surface area contributed by atoms with Crippen molar-refractivity contribution in [3.8, 4) is 0 Å². The van der Waals surface area contributed by atoms with E-state index < -0.39 is 0 Å². The number of hydrogen-bond acceptors (Lipinski definition) is 2. The molecule has 3 heteroatoms. The number of rotatable bonds is 8. The molecule has 0 aromatic heterocycles. The third-order valence-corrected chi connectivity index (χ3v) is 3.32. The zero-order valence-electron chi connectivity index (χ0n) is 11.3. The van der Waals surface area contributed by atoms with Crippen molar-refractivity contribution in [3.05, 3.63) is 0 Å². The minimum absolute atomic E-state index is 0.146. The molecule has 0 saturated carbocycles. The molecule has 1 amide bonds. The predicted molar refractivity (Wildman–Crippen MR) is 69.2 cm³/mol. The predicted octanol–water partition coefficient (Wildman–Crippen LogP) is 2.45. The lowest BCUT2D eigenvalue weighted by atomic mass is 9.78. The van der Waals surface area contributed by atoms with Crippen molar-refractivity contribution in [2.75, 3.05) is 6.54 Å². The SMILES string of the molecule is CCCC(CN)(CCC)C(=O)NC(C)CC. The first-order valence-electron chi connectivity index (χ1n) is 6.57. The Hall–Kier alpha value is -0.570. The lowest BCUT2D eigenvalue weighted by Crippen LogP contribution is -2.48. The molecule has 0 spiro atoms. The number of nitrogens with one attached hydrogen (secondary N) is 1. The van der Waals surface area contributed by atoms with Gasteiger partial charge in [-0.15, -0.1) is 0 Å². The van der Waals surface area contributed by atoms with Crippen molar-refractivity contribution in [2.24, 2.45) is 11.1 Å². The molecule has 3 nitrogen and oxygen atoms in total. The summed E-state index contributed by atoms with van der Waals surface area (Å²) in [6.45, 7) is 8.79. The Kier molecular flexibility index (Phi) is 7.39. The minimum Gasteiger partial charge on any atom is -0.353 e. The van der Waals surface area contributed by atoms with Crippen molar-refractivity contribution in [2.45, 2.75) is 65.8 Å². The first kappa shape index (κ1) is 15.4. The van der Waals surface area contributed by atoms with Crippen molar-refractivity contribution < 1.29 is 4.79 Å². The molecular formula is C13H28N2O. The molecule has 16 heavy (non-hydrogen) atoms. The summed E-state index contributed by atoms with van der Waals surface area (Å²) in [5.41, 5.74) is 5.50. The van der Waals surface area contributed by atoms with Crippen molar-refractivity contribution in [3.63, 3.8) is 0 Å². The van der Waals surface area contributed by atoms with E-state index in [0.717, 1.165) is 32.1 Å². The summed E-state index contributed by atoms with van der Waals surface area (Å²) >= 11 is 0. The highest BCUT2D eigenvalue weighted by Crippen LogP contribution is 2.29. The maximum Gasteiger partial charge on any atom is 0.227 e. The fraction of sp³-hybridized carbons (Fsp3) is 0.923. The standard InChI is InChI=1S/C13H28N2O/c1-5-8-13(10-14,9-6-2)12(16)15-11(4)7-3/h11H,5-10,14H2,1-4H3,(H,15,16). The molecule has 0 saturated heterocycles. The van der Waals surface area contributed by atoms with E-state index in [1.54, 1.807) is 0 Å². The lowest BCUT2D eigenvalue weighted by Gasteiger charge is -2.32. The third kappa shape index (κ3) is 4.12. The Labute approximate surface area is 100 Å². The molecule has 0 rings (SSSR count). The van der Waals surface area contributed by atoms with Crippen LogP contribution in [0.25, 0.3) is 0 Å². The highest BCUT2D eigenvalue weighted by molar-refractivity contribution is 5.83. The summed E-state index contributed by atoms with van der Waals surface area (Å²) < 4.78 is 0. The van der Waals surface area contributed by atoms with Gasteiger partial charge in [-0.2, -0.15) is 0 Å². The number of carbonyl (C=O) groups excluding carboxylic acids is 1. The molecule has 0 heterocycles.